The fourth-order valence-corrected chi connectivity index (χ4v) is 4.99. The second-order valence-corrected chi connectivity index (χ2v) is 8.85. The van der Waals surface area contributed by atoms with Crippen LogP contribution in [-0.4, -0.2) is 40.0 Å². The molecule has 2 fully saturated rings. The lowest BCUT2D eigenvalue weighted by Crippen LogP contribution is -2.30. The van der Waals surface area contributed by atoms with Gasteiger partial charge < -0.3 is 25.3 Å². The number of ether oxygens (including phenoxy) is 2. The van der Waals surface area contributed by atoms with Gasteiger partial charge in [-0.25, -0.2) is 9.37 Å². The third kappa shape index (κ3) is 3.63. The van der Waals surface area contributed by atoms with E-state index in [1.165, 1.54) is 6.07 Å². The molecular weight excluding hydrogens is 421 g/mol. The molecule has 33 heavy (non-hydrogen) atoms. The van der Waals surface area contributed by atoms with Gasteiger partial charge >= 0.3 is 0 Å². The van der Waals surface area contributed by atoms with E-state index in [0.717, 1.165) is 24.0 Å². The van der Waals surface area contributed by atoms with Gasteiger partial charge in [0, 0.05) is 29.3 Å². The highest BCUT2D eigenvalue weighted by Crippen LogP contribution is 2.38. The zero-order valence-corrected chi connectivity index (χ0v) is 17.9. The molecular formula is C26H24FN3O3. The molecule has 2 aliphatic rings. The Morgan fingerprint density at radius 2 is 1.70 bits per heavy atom. The summed E-state index contributed by atoms with van der Waals surface area (Å²) in [5.74, 6) is 0.250. The van der Waals surface area contributed by atoms with E-state index < -0.39 is 11.9 Å². The van der Waals surface area contributed by atoms with Gasteiger partial charge in [-0.1, -0.05) is 36.4 Å². The first-order valence-corrected chi connectivity index (χ1v) is 11.2. The molecule has 7 heteroatoms. The van der Waals surface area contributed by atoms with Gasteiger partial charge in [-0.3, -0.25) is 0 Å². The second kappa shape index (κ2) is 7.86. The number of anilines is 1. The van der Waals surface area contributed by atoms with E-state index in [1.54, 1.807) is 6.07 Å². The maximum absolute atomic E-state index is 14.9. The number of rotatable bonds is 4. The van der Waals surface area contributed by atoms with Crippen molar-refractivity contribution in [2.75, 3.05) is 12.3 Å². The summed E-state index contributed by atoms with van der Waals surface area (Å²) in [6.45, 7) is 0.356. The third-order valence-electron chi connectivity index (χ3n) is 6.74. The van der Waals surface area contributed by atoms with E-state index >= 15 is 0 Å². The van der Waals surface area contributed by atoms with Crippen LogP contribution < -0.4 is 10.5 Å². The highest BCUT2D eigenvalue weighted by molar-refractivity contribution is 5.81. The molecule has 4 N–H and O–H groups in total. The van der Waals surface area contributed by atoms with Gasteiger partial charge in [0.2, 0.25) is 0 Å². The molecule has 3 heterocycles. The molecule has 1 unspecified atom stereocenters. The van der Waals surface area contributed by atoms with Crippen LogP contribution in [-0.2, 0) is 4.74 Å². The van der Waals surface area contributed by atoms with Crippen LogP contribution in [0.4, 0.5) is 10.1 Å². The van der Waals surface area contributed by atoms with Gasteiger partial charge in [-0.05, 0) is 36.1 Å². The summed E-state index contributed by atoms with van der Waals surface area (Å²) in [5, 5.41) is 10.0. The monoisotopic (exact) mass is 445 g/mol. The molecule has 6 nitrogen and oxygen atoms in total. The van der Waals surface area contributed by atoms with E-state index in [1.807, 2.05) is 48.5 Å². The number of fused-ring (bicyclic) bond motifs is 2. The average molecular weight is 445 g/mol. The van der Waals surface area contributed by atoms with Crippen LogP contribution in [0.1, 0.15) is 12.8 Å². The van der Waals surface area contributed by atoms with E-state index in [4.69, 9.17) is 15.2 Å². The number of nitrogens with one attached hydrogen (secondary N) is 1. The summed E-state index contributed by atoms with van der Waals surface area (Å²) >= 11 is 0. The van der Waals surface area contributed by atoms with E-state index in [2.05, 4.69) is 9.97 Å². The smallest absolute Gasteiger partial charge is 0.193 e. The fourth-order valence-electron chi connectivity index (χ4n) is 4.99. The van der Waals surface area contributed by atoms with E-state index in [0.29, 0.717) is 40.5 Å². The molecule has 1 aliphatic heterocycles. The van der Waals surface area contributed by atoms with E-state index in [-0.39, 0.29) is 18.1 Å². The number of nitrogen functional groups attached to an aromatic ring is 1. The zero-order chi connectivity index (χ0) is 22.5. The summed E-state index contributed by atoms with van der Waals surface area (Å²) in [5.41, 5.74) is 10.7. The predicted octanol–water partition coefficient (Wildman–Crippen LogP) is 4.54. The number of nitrogens with zero attached hydrogens (tertiary/aromatic N) is 1. The minimum atomic E-state index is -0.420. The number of nitrogens with two attached hydrogens (primary N) is 1. The number of aromatic nitrogens is 2. The quantitative estimate of drug-likeness (QED) is 0.401. The number of aromatic amines is 1. The van der Waals surface area contributed by atoms with Crippen LogP contribution in [0, 0.1) is 11.7 Å². The third-order valence-corrected chi connectivity index (χ3v) is 6.74. The Bertz CT molecular complexity index is 1300. The molecule has 2 aromatic heterocycles. The Kier molecular flexibility index (Phi) is 4.81. The minimum Gasteiger partial charge on any atom is -0.473 e. The van der Waals surface area contributed by atoms with Crippen LogP contribution in [0.3, 0.4) is 0 Å². The van der Waals surface area contributed by atoms with Gasteiger partial charge in [0.05, 0.1) is 29.8 Å². The molecule has 168 valence electrons. The van der Waals surface area contributed by atoms with Crippen molar-refractivity contribution in [1.29, 1.82) is 0 Å². The molecule has 1 aliphatic carbocycles. The summed E-state index contributed by atoms with van der Waals surface area (Å²) in [6.07, 6.45) is 1.03. The Balaban J connectivity index is 1.25. The molecule has 0 radical (unpaired) electrons. The van der Waals surface area contributed by atoms with Crippen molar-refractivity contribution < 1.29 is 19.0 Å². The highest BCUT2D eigenvalue weighted by Gasteiger charge is 2.47. The number of benzene rings is 2. The lowest BCUT2D eigenvalue weighted by Gasteiger charge is -2.18. The maximum Gasteiger partial charge on any atom is 0.193 e. The minimum absolute atomic E-state index is 0.105. The fraction of sp³-hybridized carbons (Fsp3) is 0.269. The highest BCUT2D eigenvalue weighted by atomic mass is 19.1. The van der Waals surface area contributed by atoms with Crippen LogP contribution in [0.25, 0.3) is 33.4 Å². The van der Waals surface area contributed by atoms with Gasteiger partial charge in [-0.15, -0.1) is 0 Å². The number of halogens is 1. The molecule has 0 amide bonds. The van der Waals surface area contributed by atoms with Gasteiger partial charge in [-0.2, -0.15) is 0 Å². The first kappa shape index (κ1) is 20.2. The SMILES string of the molecule is Nc1ccc(-c2ccc(-c3nc4cc(O[C@@H]5CCC6[C@H](O)CO[C@@H]65)[nH]c4cc3F)cc2)cc1. The molecule has 0 bridgehead atoms. The van der Waals surface area contributed by atoms with Crippen molar-refractivity contribution in [2.24, 2.45) is 5.92 Å². The summed E-state index contributed by atoms with van der Waals surface area (Å²) in [4.78, 5) is 7.67. The molecule has 4 atom stereocenters. The lowest BCUT2D eigenvalue weighted by atomic mass is 10.0. The molecule has 0 spiro atoms. The first-order valence-electron chi connectivity index (χ1n) is 11.2. The normalized spacial score (nSPS) is 24.3. The predicted molar refractivity (Wildman–Crippen MR) is 124 cm³/mol. The van der Waals surface area contributed by atoms with Crippen LogP contribution in [0.5, 0.6) is 5.88 Å². The molecule has 1 saturated heterocycles. The van der Waals surface area contributed by atoms with Crippen molar-refractivity contribution in [2.45, 2.75) is 31.2 Å². The summed E-state index contributed by atoms with van der Waals surface area (Å²) in [6, 6.07) is 18.5. The zero-order valence-electron chi connectivity index (χ0n) is 17.9. The standard InChI is InChI=1S/C26H24FN3O3/c27-19-11-20-21(12-24(29-20)33-23-10-9-18-22(31)13-32-26(18)23)30-25(19)16-3-1-14(2-4-16)15-5-7-17(28)8-6-15/h1-8,11-12,18,22-23,26,29,31H,9-10,13,28H2/t18?,22-,23-,26+/m1/s1. The van der Waals surface area contributed by atoms with Gasteiger partial charge in [0.25, 0.3) is 0 Å². The Morgan fingerprint density at radius 1 is 1.00 bits per heavy atom. The second-order valence-electron chi connectivity index (χ2n) is 8.85. The maximum atomic E-state index is 14.9. The van der Waals surface area contributed by atoms with Crippen molar-refractivity contribution >= 4 is 16.7 Å². The lowest BCUT2D eigenvalue weighted by molar-refractivity contribution is 0.0154. The number of aliphatic hydroxyl groups excluding tert-OH is 1. The molecule has 2 aromatic carbocycles. The Morgan fingerprint density at radius 3 is 2.45 bits per heavy atom. The largest absolute Gasteiger partial charge is 0.473 e. The molecule has 4 aromatic rings. The number of hydrogen-bond acceptors (Lipinski definition) is 5. The number of hydrogen-bond donors (Lipinski definition) is 3. The summed E-state index contributed by atoms with van der Waals surface area (Å²) < 4.78 is 26.8. The first-order chi connectivity index (χ1) is 16.0. The summed E-state index contributed by atoms with van der Waals surface area (Å²) in [7, 11) is 0. The van der Waals surface area contributed by atoms with Crippen molar-refractivity contribution in [3.8, 4) is 28.3 Å². The Labute approximate surface area is 190 Å². The molecule has 6 rings (SSSR count). The Hall–Kier alpha value is -3.42. The van der Waals surface area contributed by atoms with Crippen molar-refractivity contribution in [3.05, 3.63) is 66.5 Å². The average Bonchev–Trinajstić information content (AvgIpc) is 3.51. The van der Waals surface area contributed by atoms with Crippen LogP contribution >= 0.6 is 0 Å². The molecule has 1 saturated carbocycles. The number of aliphatic hydroxyl groups is 1. The van der Waals surface area contributed by atoms with Crippen LogP contribution in [0.2, 0.25) is 0 Å². The van der Waals surface area contributed by atoms with Gasteiger partial charge in [0.15, 0.2) is 11.7 Å². The van der Waals surface area contributed by atoms with Crippen molar-refractivity contribution in [1.82, 2.24) is 9.97 Å². The van der Waals surface area contributed by atoms with Crippen molar-refractivity contribution in [3.63, 3.8) is 0 Å². The topological polar surface area (TPSA) is 93.4 Å². The van der Waals surface area contributed by atoms with E-state index in [9.17, 15) is 9.50 Å². The number of H-pyrrole nitrogens is 1. The van der Waals surface area contributed by atoms with Crippen LogP contribution in [0.15, 0.2) is 60.7 Å². The number of pyridine rings is 1. The van der Waals surface area contributed by atoms with Gasteiger partial charge in [0.1, 0.15) is 11.8 Å².